The normalized spacial score (nSPS) is 16.7. The van der Waals surface area contributed by atoms with Gasteiger partial charge in [-0.3, -0.25) is 4.57 Å². The fourth-order valence-corrected chi connectivity index (χ4v) is 2.99. The van der Waals surface area contributed by atoms with E-state index in [4.69, 9.17) is 4.74 Å². The van der Waals surface area contributed by atoms with Gasteiger partial charge in [-0.1, -0.05) is 18.2 Å². The minimum atomic E-state index is 0.0621. The van der Waals surface area contributed by atoms with Crippen LogP contribution in [-0.2, 0) is 11.3 Å². The Balaban J connectivity index is 1.69. The van der Waals surface area contributed by atoms with Crippen molar-refractivity contribution in [3.8, 4) is 5.69 Å². The van der Waals surface area contributed by atoms with Crippen molar-refractivity contribution in [2.24, 2.45) is 0 Å². The monoisotopic (exact) mass is 285 g/mol. The van der Waals surface area contributed by atoms with E-state index in [0.29, 0.717) is 0 Å². The molecule has 1 N–H and O–H groups in total. The Labute approximate surface area is 126 Å². The molecule has 0 atom stereocenters. The Kier molecular flexibility index (Phi) is 4.08. The lowest BCUT2D eigenvalue weighted by molar-refractivity contribution is -0.0695. The number of aromatic nitrogens is 2. The second kappa shape index (κ2) is 6.00. The van der Waals surface area contributed by atoms with Crippen LogP contribution in [0.4, 0.5) is 0 Å². The molecule has 1 aromatic carbocycles. The number of hydrogen-bond donors (Lipinski definition) is 1. The van der Waals surface area contributed by atoms with Crippen LogP contribution in [-0.4, -0.2) is 28.8 Å². The number of imidazole rings is 1. The van der Waals surface area contributed by atoms with Crippen LogP contribution in [0.2, 0.25) is 0 Å². The number of hydrogen-bond acceptors (Lipinski definition) is 3. The van der Waals surface area contributed by atoms with Crippen LogP contribution >= 0.6 is 0 Å². The van der Waals surface area contributed by atoms with Crippen molar-refractivity contribution < 1.29 is 4.74 Å². The summed E-state index contributed by atoms with van der Waals surface area (Å²) in [5.41, 5.74) is 2.41. The standard InChI is InChI=1S/C17H23N3O/c1-14-19-12-16(20(14)15-7-4-3-5-8-15)11-18-13-17(21-2)9-6-10-17/h3-5,7-8,12,18H,6,9-11,13H2,1-2H3. The van der Waals surface area contributed by atoms with Crippen LogP contribution in [0.15, 0.2) is 36.5 Å². The number of nitrogens with one attached hydrogen (secondary N) is 1. The van der Waals surface area contributed by atoms with Gasteiger partial charge in [0.25, 0.3) is 0 Å². The summed E-state index contributed by atoms with van der Waals surface area (Å²) in [6, 6.07) is 10.4. The van der Waals surface area contributed by atoms with E-state index in [1.165, 1.54) is 12.1 Å². The zero-order chi connectivity index (χ0) is 14.7. The smallest absolute Gasteiger partial charge is 0.110 e. The number of nitrogens with zero attached hydrogens (tertiary/aromatic N) is 2. The fraction of sp³-hybridized carbons (Fsp3) is 0.471. The maximum atomic E-state index is 5.65. The summed E-state index contributed by atoms with van der Waals surface area (Å²) in [5.74, 6) is 1.02. The molecule has 1 heterocycles. The van der Waals surface area contributed by atoms with Crippen LogP contribution in [0.3, 0.4) is 0 Å². The third-order valence-electron chi connectivity index (χ3n) is 4.48. The molecule has 0 saturated heterocycles. The first-order valence-corrected chi connectivity index (χ1v) is 7.59. The third-order valence-corrected chi connectivity index (χ3v) is 4.48. The average molecular weight is 285 g/mol. The van der Waals surface area contributed by atoms with E-state index in [9.17, 15) is 0 Å². The molecule has 2 aromatic rings. The van der Waals surface area contributed by atoms with Crippen molar-refractivity contribution in [1.29, 1.82) is 0 Å². The number of methoxy groups -OCH3 is 1. The number of ether oxygens (including phenoxy) is 1. The molecule has 4 heteroatoms. The Morgan fingerprint density at radius 2 is 2.05 bits per heavy atom. The molecule has 21 heavy (non-hydrogen) atoms. The molecule has 112 valence electrons. The molecule has 1 fully saturated rings. The second-order valence-corrected chi connectivity index (χ2v) is 5.81. The van der Waals surface area contributed by atoms with Crippen LogP contribution in [0.25, 0.3) is 5.69 Å². The van der Waals surface area contributed by atoms with E-state index in [1.54, 1.807) is 0 Å². The average Bonchev–Trinajstić information content (AvgIpc) is 2.84. The van der Waals surface area contributed by atoms with Crippen molar-refractivity contribution in [3.05, 3.63) is 48.0 Å². The molecule has 3 rings (SSSR count). The van der Waals surface area contributed by atoms with Gasteiger partial charge in [-0.25, -0.2) is 4.98 Å². The fourth-order valence-electron chi connectivity index (χ4n) is 2.99. The highest BCUT2D eigenvalue weighted by Crippen LogP contribution is 2.34. The Bertz CT molecular complexity index is 582. The van der Waals surface area contributed by atoms with E-state index in [2.05, 4.69) is 39.1 Å². The molecule has 1 saturated carbocycles. The summed E-state index contributed by atoms with van der Waals surface area (Å²) >= 11 is 0. The number of aryl methyl sites for hydroxylation is 1. The first-order valence-electron chi connectivity index (χ1n) is 7.59. The number of rotatable bonds is 6. The molecule has 0 unspecified atom stereocenters. The molecule has 0 aliphatic heterocycles. The van der Waals surface area contributed by atoms with Gasteiger partial charge in [-0.05, 0) is 38.3 Å². The van der Waals surface area contributed by atoms with Crippen LogP contribution in [0.1, 0.15) is 30.8 Å². The van der Waals surface area contributed by atoms with Gasteiger partial charge in [-0.2, -0.15) is 0 Å². The van der Waals surface area contributed by atoms with Crippen molar-refractivity contribution in [3.63, 3.8) is 0 Å². The lowest BCUT2D eigenvalue weighted by Gasteiger charge is -2.40. The van der Waals surface area contributed by atoms with Crippen molar-refractivity contribution in [2.45, 2.75) is 38.3 Å². The quantitative estimate of drug-likeness (QED) is 0.887. The SMILES string of the molecule is COC1(CNCc2cnc(C)n2-c2ccccc2)CCC1. The third kappa shape index (κ3) is 2.87. The predicted octanol–water partition coefficient (Wildman–Crippen LogP) is 2.84. The summed E-state index contributed by atoms with van der Waals surface area (Å²) in [7, 11) is 1.82. The first kappa shape index (κ1) is 14.3. The second-order valence-electron chi connectivity index (χ2n) is 5.81. The zero-order valence-electron chi connectivity index (χ0n) is 12.8. The lowest BCUT2D eigenvalue weighted by Crippen LogP contribution is -2.47. The zero-order valence-corrected chi connectivity index (χ0v) is 12.8. The molecule has 1 aliphatic carbocycles. The van der Waals surface area contributed by atoms with E-state index in [0.717, 1.165) is 37.4 Å². The molecule has 0 amide bonds. The molecule has 0 bridgehead atoms. The van der Waals surface area contributed by atoms with Gasteiger partial charge in [0.1, 0.15) is 5.82 Å². The van der Waals surface area contributed by atoms with Crippen molar-refractivity contribution >= 4 is 0 Å². The molecule has 1 aromatic heterocycles. The highest BCUT2D eigenvalue weighted by Gasteiger charge is 2.36. The lowest BCUT2D eigenvalue weighted by atomic mass is 9.80. The minimum absolute atomic E-state index is 0.0621. The van der Waals surface area contributed by atoms with E-state index >= 15 is 0 Å². The molecule has 4 nitrogen and oxygen atoms in total. The Morgan fingerprint density at radius 3 is 2.67 bits per heavy atom. The maximum absolute atomic E-state index is 5.65. The molecule has 0 radical (unpaired) electrons. The summed E-state index contributed by atoms with van der Waals surface area (Å²) < 4.78 is 7.85. The summed E-state index contributed by atoms with van der Waals surface area (Å²) in [6.07, 6.45) is 5.55. The van der Waals surface area contributed by atoms with E-state index < -0.39 is 0 Å². The first-order chi connectivity index (χ1) is 10.2. The van der Waals surface area contributed by atoms with E-state index in [-0.39, 0.29) is 5.60 Å². The Hall–Kier alpha value is -1.65. The van der Waals surface area contributed by atoms with Crippen LogP contribution in [0.5, 0.6) is 0 Å². The highest BCUT2D eigenvalue weighted by atomic mass is 16.5. The number of para-hydroxylation sites is 1. The number of benzene rings is 1. The molecular weight excluding hydrogens is 262 g/mol. The molecule has 0 spiro atoms. The molecule has 1 aliphatic rings. The molecular formula is C17H23N3O. The van der Waals surface area contributed by atoms with Crippen molar-refractivity contribution in [2.75, 3.05) is 13.7 Å². The van der Waals surface area contributed by atoms with Gasteiger partial charge < -0.3 is 10.1 Å². The van der Waals surface area contributed by atoms with Gasteiger partial charge in [0.15, 0.2) is 0 Å². The highest BCUT2D eigenvalue weighted by molar-refractivity contribution is 5.35. The van der Waals surface area contributed by atoms with Gasteiger partial charge in [0, 0.05) is 25.9 Å². The van der Waals surface area contributed by atoms with Crippen molar-refractivity contribution in [1.82, 2.24) is 14.9 Å². The van der Waals surface area contributed by atoms with Gasteiger partial charge in [-0.15, -0.1) is 0 Å². The minimum Gasteiger partial charge on any atom is -0.377 e. The van der Waals surface area contributed by atoms with Gasteiger partial charge >= 0.3 is 0 Å². The summed E-state index contributed by atoms with van der Waals surface area (Å²) in [4.78, 5) is 4.45. The topological polar surface area (TPSA) is 39.1 Å². The maximum Gasteiger partial charge on any atom is 0.110 e. The summed E-state index contributed by atoms with van der Waals surface area (Å²) in [6.45, 7) is 3.75. The largest absolute Gasteiger partial charge is 0.377 e. The van der Waals surface area contributed by atoms with Gasteiger partial charge in [0.2, 0.25) is 0 Å². The predicted molar refractivity (Wildman–Crippen MR) is 83.6 cm³/mol. The van der Waals surface area contributed by atoms with Crippen LogP contribution < -0.4 is 5.32 Å². The van der Waals surface area contributed by atoms with E-state index in [1.807, 2.05) is 26.3 Å². The van der Waals surface area contributed by atoms with Gasteiger partial charge in [0.05, 0.1) is 17.5 Å². The van der Waals surface area contributed by atoms with Crippen LogP contribution in [0, 0.1) is 6.92 Å². The summed E-state index contributed by atoms with van der Waals surface area (Å²) in [5, 5.41) is 3.53. The Morgan fingerprint density at radius 1 is 1.29 bits per heavy atom.